The Morgan fingerprint density at radius 2 is 2.06 bits per heavy atom. The van der Waals surface area contributed by atoms with Gasteiger partial charge in [-0.1, -0.05) is 13.8 Å². The van der Waals surface area contributed by atoms with Crippen LogP contribution < -0.4 is 10.5 Å². The van der Waals surface area contributed by atoms with E-state index in [1.54, 1.807) is 6.07 Å². The highest BCUT2D eigenvalue weighted by Gasteiger charge is 2.17. The molecular weight excluding hydrogens is 233 g/mol. The van der Waals surface area contributed by atoms with E-state index in [9.17, 15) is 4.39 Å². The number of rotatable bonds is 3. The second-order valence-electron chi connectivity index (χ2n) is 4.43. The second-order valence-corrected chi connectivity index (χ2v) is 4.43. The van der Waals surface area contributed by atoms with Crippen LogP contribution in [0.2, 0.25) is 0 Å². The summed E-state index contributed by atoms with van der Waals surface area (Å²) in [7, 11) is 1.53. The zero-order valence-electron chi connectivity index (χ0n) is 10.6. The lowest BCUT2D eigenvalue weighted by molar-refractivity contribution is 0.404. The lowest BCUT2D eigenvalue weighted by Gasteiger charge is -2.16. The minimum absolute atomic E-state index is 0.195. The Bertz CT molecular complexity index is 563. The van der Waals surface area contributed by atoms with E-state index < -0.39 is 0 Å². The van der Waals surface area contributed by atoms with Crippen molar-refractivity contribution in [3.8, 4) is 17.0 Å². The number of anilines is 1. The molecule has 0 aliphatic carbocycles. The van der Waals surface area contributed by atoms with E-state index in [-0.39, 0.29) is 11.7 Å². The number of methoxy groups -OCH3 is 1. The van der Waals surface area contributed by atoms with Crippen molar-refractivity contribution in [3.63, 3.8) is 0 Å². The number of H-pyrrole nitrogens is 1. The maximum absolute atomic E-state index is 13.6. The predicted molar refractivity (Wildman–Crippen MR) is 69.0 cm³/mol. The largest absolute Gasteiger partial charge is 0.496 e. The lowest BCUT2D eigenvalue weighted by atomic mass is 9.94. The van der Waals surface area contributed by atoms with Crippen LogP contribution in [0.3, 0.4) is 0 Å². The summed E-state index contributed by atoms with van der Waals surface area (Å²) in [6.07, 6.45) is 0. The quantitative estimate of drug-likeness (QED) is 0.879. The van der Waals surface area contributed by atoms with Gasteiger partial charge in [0.25, 0.3) is 0 Å². The molecule has 0 saturated heterocycles. The molecule has 0 bridgehead atoms. The number of nitrogens with one attached hydrogen (secondary N) is 1. The summed E-state index contributed by atoms with van der Waals surface area (Å²) in [6, 6.07) is 4.53. The molecule has 0 unspecified atom stereocenters. The summed E-state index contributed by atoms with van der Waals surface area (Å²) in [6.45, 7) is 4.05. The van der Waals surface area contributed by atoms with Gasteiger partial charge in [0.05, 0.1) is 12.8 Å². The molecule has 0 radical (unpaired) electrons. The third kappa shape index (κ3) is 2.16. The van der Waals surface area contributed by atoms with Crippen molar-refractivity contribution < 1.29 is 9.13 Å². The second kappa shape index (κ2) is 4.68. The normalized spacial score (nSPS) is 10.9. The molecule has 1 aromatic heterocycles. The molecule has 96 valence electrons. The van der Waals surface area contributed by atoms with Crippen molar-refractivity contribution in [1.82, 2.24) is 10.2 Å². The smallest absolute Gasteiger partial charge is 0.145 e. The monoisotopic (exact) mass is 249 g/mol. The maximum Gasteiger partial charge on any atom is 0.145 e. The molecule has 3 N–H and O–H groups in total. The van der Waals surface area contributed by atoms with Crippen molar-refractivity contribution in [3.05, 3.63) is 29.6 Å². The zero-order valence-corrected chi connectivity index (χ0v) is 10.6. The lowest BCUT2D eigenvalue weighted by Crippen LogP contribution is -1.99. The van der Waals surface area contributed by atoms with Gasteiger partial charge in [0, 0.05) is 23.3 Å². The highest BCUT2D eigenvalue weighted by molar-refractivity contribution is 5.69. The summed E-state index contributed by atoms with van der Waals surface area (Å²) in [5, 5.41) is 6.67. The van der Waals surface area contributed by atoms with Crippen molar-refractivity contribution in [2.75, 3.05) is 12.8 Å². The van der Waals surface area contributed by atoms with Crippen LogP contribution in [0.4, 0.5) is 10.2 Å². The Hall–Kier alpha value is -2.04. The highest BCUT2D eigenvalue weighted by atomic mass is 19.1. The fraction of sp³-hybridized carbons (Fsp3) is 0.308. The van der Waals surface area contributed by atoms with Crippen molar-refractivity contribution in [2.45, 2.75) is 19.8 Å². The number of benzene rings is 1. The summed E-state index contributed by atoms with van der Waals surface area (Å²) in [5.74, 6) is 0.760. The van der Waals surface area contributed by atoms with E-state index in [2.05, 4.69) is 10.2 Å². The van der Waals surface area contributed by atoms with Gasteiger partial charge in [-0.05, 0) is 12.0 Å². The molecule has 0 atom stereocenters. The van der Waals surface area contributed by atoms with Gasteiger partial charge >= 0.3 is 0 Å². The number of hydrogen-bond acceptors (Lipinski definition) is 3. The van der Waals surface area contributed by atoms with E-state index in [1.165, 1.54) is 19.2 Å². The number of nitrogens with two attached hydrogens (primary N) is 1. The van der Waals surface area contributed by atoms with Crippen molar-refractivity contribution >= 4 is 5.82 Å². The number of halogens is 1. The zero-order chi connectivity index (χ0) is 13.3. The number of nitrogen functional groups attached to an aromatic ring is 1. The average molecular weight is 249 g/mol. The summed E-state index contributed by atoms with van der Waals surface area (Å²) in [4.78, 5) is 0. The van der Waals surface area contributed by atoms with E-state index in [1.807, 2.05) is 13.8 Å². The fourth-order valence-electron chi connectivity index (χ4n) is 2.06. The van der Waals surface area contributed by atoms with Gasteiger partial charge in [0.15, 0.2) is 0 Å². The summed E-state index contributed by atoms with van der Waals surface area (Å²) < 4.78 is 18.9. The van der Waals surface area contributed by atoms with Crippen molar-refractivity contribution in [2.24, 2.45) is 0 Å². The molecule has 0 aliphatic heterocycles. The van der Waals surface area contributed by atoms with Gasteiger partial charge < -0.3 is 10.5 Å². The Morgan fingerprint density at radius 3 is 2.56 bits per heavy atom. The van der Waals surface area contributed by atoms with Crippen LogP contribution in [-0.4, -0.2) is 17.3 Å². The first-order chi connectivity index (χ1) is 8.52. The van der Waals surface area contributed by atoms with Crippen LogP contribution >= 0.6 is 0 Å². The third-order valence-electron chi connectivity index (χ3n) is 2.79. The number of ether oxygens (including phenoxy) is 1. The average Bonchev–Trinajstić information content (AvgIpc) is 2.74. The SMILES string of the molecule is COc1cc(F)cc(-c2cc(N)n[nH]2)c1C(C)C. The van der Waals surface area contributed by atoms with Crippen LogP contribution in [0.1, 0.15) is 25.3 Å². The van der Waals surface area contributed by atoms with Gasteiger partial charge in [-0.15, -0.1) is 0 Å². The molecule has 1 heterocycles. The first kappa shape index (κ1) is 12.4. The van der Waals surface area contributed by atoms with Crippen LogP contribution in [0.5, 0.6) is 5.75 Å². The fourth-order valence-corrected chi connectivity index (χ4v) is 2.06. The van der Waals surface area contributed by atoms with Gasteiger partial charge in [-0.3, -0.25) is 5.10 Å². The standard InChI is InChI=1S/C13H16FN3O/c1-7(2)13-9(10-6-12(15)17-16-10)4-8(14)5-11(13)18-3/h4-7H,1-3H3,(H3,15,16,17). The molecular formula is C13H16FN3O. The Kier molecular flexibility index (Phi) is 3.23. The molecule has 2 aromatic rings. The molecule has 0 spiro atoms. The predicted octanol–water partition coefficient (Wildman–Crippen LogP) is 2.93. The van der Waals surface area contributed by atoms with Crippen LogP contribution in [-0.2, 0) is 0 Å². The minimum Gasteiger partial charge on any atom is -0.496 e. The Morgan fingerprint density at radius 1 is 1.33 bits per heavy atom. The maximum atomic E-state index is 13.6. The number of aromatic nitrogens is 2. The third-order valence-corrected chi connectivity index (χ3v) is 2.79. The molecule has 0 amide bonds. The summed E-state index contributed by atoms with van der Waals surface area (Å²) >= 11 is 0. The van der Waals surface area contributed by atoms with E-state index >= 15 is 0 Å². The topological polar surface area (TPSA) is 63.9 Å². The Balaban J connectivity index is 2.68. The van der Waals surface area contributed by atoms with Crippen molar-refractivity contribution in [1.29, 1.82) is 0 Å². The summed E-state index contributed by atoms with van der Waals surface area (Å²) in [5.41, 5.74) is 7.93. The molecule has 0 aliphatic rings. The molecule has 0 fully saturated rings. The van der Waals surface area contributed by atoms with Crippen LogP contribution in [0, 0.1) is 5.82 Å². The van der Waals surface area contributed by atoms with E-state index in [4.69, 9.17) is 10.5 Å². The van der Waals surface area contributed by atoms with Crippen LogP contribution in [0.25, 0.3) is 11.3 Å². The minimum atomic E-state index is -0.348. The van der Waals surface area contributed by atoms with Gasteiger partial charge in [-0.25, -0.2) is 4.39 Å². The highest BCUT2D eigenvalue weighted by Crippen LogP contribution is 2.36. The van der Waals surface area contributed by atoms with Gasteiger partial charge in [-0.2, -0.15) is 5.10 Å². The van der Waals surface area contributed by atoms with Crippen LogP contribution in [0.15, 0.2) is 18.2 Å². The molecule has 2 rings (SSSR count). The first-order valence-electron chi connectivity index (χ1n) is 5.71. The Labute approximate surface area is 105 Å². The molecule has 0 saturated carbocycles. The van der Waals surface area contributed by atoms with Gasteiger partial charge in [0.1, 0.15) is 17.4 Å². The number of aromatic amines is 1. The molecule has 4 nitrogen and oxygen atoms in total. The van der Waals surface area contributed by atoms with Gasteiger partial charge in [0.2, 0.25) is 0 Å². The first-order valence-corrected chi connectivity index (χ1v) is 5.71. The molecule has 18 heavy (non-hydrogen) atoms. The molecule has 5 heteroatoms. The molecule has 1 aromatic carbocycles. The van der Waals surface area contributed by atoms with E-state index in [0.29, 0.717) is 17.3 Å². The van der Waals surface area contributed by atoms with E-state index in [0.717, 1.165) is 11.1 Å². The number of hydrogen-bond donors (Lipinski definition) is 2. The number of nitrogens with zero attached hydrogens (tertiary/aromatic N) is 1.